The van der Waals surface area contributed by atoms with Crippen molar-refractivity contribution in [1.29, 1.82) is 0 Å². The molecule has 1 unspecified atom stereocenters. The van der Waals surface area contributed by atoms with Crippen molar-refractivity contribution < 1.29 is 0 Å². The van der Waals surface area contributed by atoms with Crippen LogP contribution in [0.15, 0.2) is 35.1 Å². The van der Waals surface area contributed by atoms with Crippen molar-refractivity contribution in [2.75, 3.05) is 0 Å². The van der Waals surface area contributed by atoms with Gasteiger partial charge in [0, 0.05) is 17.7 Å². The Morgan fingerprint density at radius 3 is 3.06 bits per heavy atom. The number of aromatic amines is 1. The third kappa shape index (κ3) is 1.86. The molecule has 3 heteroatoms. The number of nitrogens with one attached hydrogen (secondary N) is 1. The van der Waals surface area contributed by atoms with Crippen LogP contribution in [0.2, 0.25) is 0 Å². The number of aromatic nitrogens is 2. The third-order valence-corrected chi connectivity index (χ3v) is 3.64. The van der Waals surface area contributed by atoms with Crippen LogP contribution >= 0.6 is 0 Å². The first kappa shape index (κ1) is 11.2. The van der Waals surface area contributed by atoms with E-state index in [2.05, 4.69) is 34.2 Å². The fraction of sp³-hybridized carbons (Fsp3) is 0.333. The highest BCUT2D eigenvalue weighted by Crippen LogP contribution is 2.35. The Labute approximate surface area is 106 Å². The molecule has 1 aromatic heterocycles. The van der Waals surface area contributed by atoms with E-state index in [-0.39, 0.29) is 11.5 Å². The molecular weight excluding hydrogens is 224 g/mol. The quantitative estimate of drug-likeness (QED) is 0.876. The summed E-state index contributed by atoms with van der Waals surface area (Å²) in [5, 5.41) is 0. The van der Waals surface area contributed by atoms with Crippen molar-refractivity contribution in [3.8, 4) is 0 Å². The minimum absolute atomic E-state index is 0.0405. The predicted octanol–water partition coefficient (Wildman–Crippen LogP) is 2.41. The summed E-state index contributed by atoms with van der Waals surface area (Å²) >= 11 is 0. The van der Waals surface area contributed by atoms with Crippen LogP contribution in [0.4, 0.5) is 0 Å². The summed E-state index contributed by atoms with van der Waals surface area (Å²) in [4.78, 5) is 19.1. The van der Waals surface area contributed by atoms with E-state index in [0.717, 1.165) is 30.8 Å². The topological polar surface area (TPSA) is 45.8 Å². The second kappa shape index (κ2) is 4.41. The molecular formula is C15H16N2O. The summed E-state index contributed by atoms with van der Waals surface area (Å²) in [6.07, 6.45) is 2.90. The third-order valence-electron chi connectivity index (χ3n) is 3.64. The van der Waals surface area contributed by atoms with E-state index < -0.39 is 0 Å². The molecule has 0 aliphatic heterocycles. The number of rotatable bonds is 2. The second-order valence-electron chi connectivity index (χ2n) is 4.77. The van der Waals surface area contributed by atoms with Crippen molar-refractivity contribution in [3.63, 3.8) is 0 Å². The van der Waals surface area contributed by atoms with Crippen LogP contribution in [0.3, 0.4) is 0 Å². The van der Waals surface area contributed by atoms with Crippen LogP contribution in [0.1, 0.15) is 41.9 Å². The average Bonchev–Trinajstić information content (AvgIpc) is 2.81. The maximum Gasteiger partial charge on any atom is 0.251 e. The van der Waals surface area contributed by atoms with Crippen LogP contribution in [-0.2, 0) is 12.8 Å². The number of hydrogen-bond donors (Lipinski definition) is 1. The average molecular weight is 240 g/mol. The van der Waals surface area contributed by atoms with Gasteiger partial charge in [-0.05, 0) is 30.4 Å². The molecule has 0 saturated carbocycles. The van der Waals surface area contributed by atoms with Gasteiger partial charge in [-0.25, -0.2) is 4.98 Å². The SMILES string of the molecule is CCc1cc(=O)[nH]c(C2CCc3ccccc32)n1. The number of benzene rings is 1. The fourth-order valence-corrected chi connectivity index (χ4v) is 2.72. The molecule has 3 nitrogen and oxygen atoms in total. The van der Waals surface area contributed by atoms with Gasteiger partial charge in [-0.2, -0.15) is 0 Å². The van der Waals surface area contributed by atoms with Gasteiger partial charge < -0.3 is 4.98 Å². The highest BCUT2D eigenvalue weighted by atomic mass is 16.1. The van der Waals surface area contributed by atoms with E-state index in [9.17, 15) is 4.79 Å². The first-order valence-corrected chi connectivity index (χ1v) is 6.46. The van der Waals surface area contributed by atoms with E-state index >= 15 is 0 Å². The molecule has 1 atom stereocenters. The molecule has 1 aliphatic carbocycles. The molecule has 92 valence electrons. The van der Waals surface area contributed by atoms with E-state index in [1.54, 1.807) is 6.07 Å². The van der Waals surface area contributed by atoms with Crippen molar-refractivity contribution >= 4 is 0 Å². The zero-order chi connectivity index (χ0) is 12.5. The van der Waals surface area contributed by atoms with Gasteiger partial charge in [-0.1, -0.05) is 31.2 Å². The zero-order valence-corrected chi connectivity index (χ0v) is 10.4. The molecule has 0 fully saturated rings. The number of nitrogens with zero attached hydrogens (tertiary/aromatic N) is 1. The smallest absolute Gasteiger partial charge is 0.251 e. The van der Waals surface area contributed by atoms with Crippen LogP contribution in [0, 0.1) is 0 Å². The largest absolute Gasteiger partial charge is 0.310 e. The Bertz CT molecular complexity index is 630. The molecule has 1 aliphatic rings. The van der Waals surface area contributed by atoms with Crippen LogP contribution < -0.4 is 5.56 Å². The van der Waals surface area contributed by atoms with E-state index in [0.29, 0.717) is 0 Å². The Balaban J connectivity index is 2.07. The van der Waals surface area contributed by atoms with E-state index in [1.165, 1.54) is 11.1 Å². The molecule has 18 heavy (non-hydrogen) atoms. The summed E-state index contributed by atoms with van der Waals surface area (Å²) in [6, 6.07) is 10.0. The lowest BCUT2D eigenvalue weighted by atomic mass is 10.0. The molecule has 1 N–H and O–H groups in total. The summed E-state index contributed by atoms with van der Waals surface area (Å²) < 4.78 is 0. The maximum absolute atomic E-state index is 11.6. The Hall–Kier alpha value is -1.90. The fourth-order valence-electron chi connectivity index (χ4n) is 2.72. The van der Waals surface area contributed by atoms with E-state index in [4.69, 9.17) is 0 Å². The Kier molecular flexibility index (Phi) is 2.74. The van der Waals surface area contributed by atoms with Crippen LogP contribution in [0.25, 0.3) is 0 Å². The van der Waals surface area contributed by atoms with Gasteiger partial charge in [0.15, 0.2) is 0 Å². The summed E-state index contributed by atoms with van der Waals surface area (Å²) in [7, 11) is 0. The molecule has 0 spiro atoms. The molecule has 0 bridgehead atoms. The Morgan fingerprint density at radius 2 is 2.22 bits per heavy atom. The van der Waals surface area contributed by atoms with Gasteiger partial charge in [0.25, 0.3) is 5.56 Å². The first-order valence-electron chi connectivity index (χ1n) is 6.46. The number of H-pyrrole nitrogens is 1. The predicted molar refractivity (Wildman–Crippen MR) is 70.8 cm³/mol. The standard InChI is InChI=1S/C15H16N2O/c1-2-11-9-14(18)17-15(16-11)13-8-7-10-5-3-4-6-12(10)13/h3-6,9,13H,2,7-8H2,1H3,(H,16,17,18). The highest BCUT2D eigenvalue weighted by molar-refractivity contribution is 5.38. The van der Waals surface area contributed by atoms with E-state index in [1.807, 2.05) is 6.92 Å². The summed E-state index contributed by atoms with van der Waals surface area (Å²) in [5.41, 5.74) is 3.53. The van der Waals surface area contributed by atoms with Crippen molar-refractivity contribution in [3.05, 3.63) is 63.3 Å². The van der Waals surface area contributed by atoms with Gasteiger partial charge >= 0.3 is 0 Å². The zero-order valence-electron chi connectivity index (χ0n) is 10.4. The van der Waals surface area contributed by atoms with Crippen molar-refractivity contribution in [2.45, 2.75) is 32.1 Å². The number of aryl methyl sites for hydroxylation is 2. The lowest BCUT2D eigenvalue weighted by Gasteiger charge is -2.11. The molecule has 3 rings (SSSR count). The summed E-state index contributed by atoms with van der Waals surface area (Å²) in [5.74, 6) is 1.07. The first-order chi connectivity index (χ1) is 8.78. The van der Waals surface area contributed by atoms with Gasteiger partial charge in [0.05, 0.1) is 0 Å². The lowest BCUT2D eigenvalue weighted by molar-refractivity contribution is 0.713. The molecule has 0 amide bonds. The Morgan fingerprint density at radius 1 is 1.39 bits per heavy atom. The van der Waals surface area contributed by atoms with Gasteiger partial charge in [-0.3, -0.25) is 4.79 Å². The van der Waals surface area contributed by atoms with Crippen molar-refractivity contribution in [2.24, 2.45) is 0 Å². The van der Waals surface area contributed by atoms with Crippen LogP contribution in [-0.4, -0.2) is 9.97 Å². The highest BCUT2D eigenvalue weighted by Gasteiger charge is 2.25. The van der Waals surface area contributed by atoms with Crippen molar-refractivity contribution in [1.82, 2.24) is 9.97 Å². The van der Waals surface area contributed by atoms with Gasteiger partial charge in [0.2, 0.25) is 0 Å². The van der Waals surface area contributed by atoms with Gasteiger partial charge in [-0.15, -0.1) is 0 Å². The minimum atomic E-state index is -0.0405. The maximum atomic E-state index is 11.6. The molecule has 2 aromatic rings. The number of hydrogen-bond acceptors (Lipinski definition) is 2. The normalized spacial score (nSPS) is 17.7. The molecule has 1 aromatic carbocycles. The van der Waals surface area contributed by atoms with Gasteiger partial charge in [0.1, 0.15) is 5.82 Å². The lowest BCUT2D eigenvalue weighted by Crippen LogP contribution is -2.15. The summed E-state index contributed by atoms with van der Waals surface area (Å²) in [6.45, 7) is 2.02. The number of fused-ring (bicyclic) bond motifs is 1. The monoisotopic (exact) mass is 240 g/mol. The molecule has 0 radical (unpaired) electrons. The minimum Gasteiger partial charge on any atom is -0.310 e. The molecule has 0 saturated heterocycles. The molecule has 1 heterocycles. The second-order valence-corrected chi connectivity index (χ2v) is 4.77. The van der Waals surface area contributed by atoms with Crippen LogP contribution in [0.5, 0.6) is 0 Å².